The smallest absolute Gasteiger partial charge is 0.166 e. The summed E-state index contributed by atoms with van der Waals surface area (Å²) in [5, 5.41) is 0. The number of rotatable bonds is 0. The molecule has 0 amide bonds. The van der Waals surface area contributed by atoms with Gasteiger partial charge in [-0.1, -0.05) is 12.1 Å². The molecule has 0 saturated carbocycles. The summed E-state index contributed by atoms with van der Waals surface area (Å²) in [4.78, 5) is 14.3. The number of carbonyl (C=O) groups is 1. The number of Topliss-reactive ketones (excluding diaryl/α,β-unsaturated/α-hetero) is 1. The molecule has 0 N–H and O–H groups in total. The number of carbonyl (C=O) groups excluding carboxylic acids is 1. The molecule has 1 aromatic carbocycles. The highest BCUT2D eigenvalue weighted by molar-refractivity contribution is 5.99. The monoisotopic (exact) mass is 233 g/mol. The van der Waals surface area contributed by atoms with E-state index in [1.165, 1.54) is 6.07 Å². The Hall–Kier alpha value is -1.22. The Kier molecular flexibility index (Phi) is 2.51. The Balaban J connectivity index is 2.08. The van der Waals surface area contributed by atoms with Gasteiger partial charge in [0.25, 0.3) is 0 Å². The van der Waals surface area contributed by atoms with Gasteiger partial charge in [-0.2, -0.15) is 0 Å². The second-order valence-corrected chi connectivity index (χ2v) is 5.25. The number of piperidine rings is 1. The van der Waals surface area contributed by atoms with Crippen molar-refractivity contribution < 1.29 is 9.18 Å². The zero-order chi connectivity index (χ0) is 12.0. The van der Waals surface area contributed by atoms with Crippen LogP contribution < -0.4 is 0 Å². The Morgan fingerprint density at radius 2 is 2.24 bits per heavy atom. The molecule has 0 radical (unpaired) electrons. The van der Waals surface area contributed by atoms with Crippen molar-refractivity contribution in [3.63, 3.8) is 0 Å². The van der Waals surface area contributed by atoms with Crippen LogP contribution in [-0.4, -0.2) is 30.8 Å². The van der Waals surface area contributed by atoms with Crippen LogP contribution in [0.2, 0.25) is 0 Å². The van der Waals surface area contributed by atoms with Crippen molar-refractivity contribution in [1.82, 2.24) is 4.90 Å². The SMILES string of the molecule is CN1CC[C@H]2CC(=O)c3c(F)cccc3[C@H]2C1. The van der Waals surface area contributed by atoms with Crippen LogP contribution in [0.1, 0.15) is 34.7 Å². The number of benzene rings is 1. The Morgan fingerprint density at radius 3 is 3.06 bits per heavy atom. The average molecular weight is 233 g/mol. The van der Waals surface area contributed by atoms with Gasteiger partial charge in [0.1, 0.15) is 5.82 Å². The molecule has 2 aliphatic rings. The first-order valence-electron chi connectivity index (χ1n) is 6.17. The summed E-state index contributed by atoms with van der Waals surface area (Å²) in [6.45, 7) is 1.98. The van der Waals surface area contributed by atoms with Crippen LogP contribution in [0.25, 0.3) is 0 Å². The molecular weight excluding hydrogens is 217 g/mol. The lowest BCUT2D eigenvalue weighted by Gasteiger charge is -2.40. The lowest BCUT2D eigenvalue weighted by Crippen LogP contribution is -2.40. The first-order valence-corrected chi connectivity index (χ1v) is 6.17. The second-order valence-electron chi connectivity index (χ2n) is 5.25. The van der Waals surface area contributed by atoms with Gasteiger partial charge in [-0.25, -0.2) is 4.39 Å². The molecule has 2 nitrogen and oxygen atoms in total. The molecule has 0 aromatic heterocycles. The highest BCUT2D eigenvalue weighted by Crippen LogP contribution is 2.41. The number of hydrogen-bond donors (Lipinski definition) is 0. The van der Waals surface area contributed by atoms with Gasteiger partial charge >= 0.3 is 0 Å². The topological polar surface area (TPSA) is 20.3 Å². The quantitative estimate of drug-likeness (QED) is 0.686. The maximum Gasteiger partial charge on any atom is 0.166 e. The van der Waals surface area contributed by atoms with Crippen LogP contribution in [0.15, 0.2) is 18.2 Å². The number of fused-ring (bicyclic) bond motifs is 3. The molecule has 1 aromatic rings. The van der Waals surface area contributed by atoms with E-state index in [-0.39, 0.29) is 11.6 Å². The van der Waals surface area contributed by atoms with E-state index in [9.17, 15) is 9.18 Å². The van der Waals surface area contributed by atoms with Crippen molar-refractivity contribution in [2.75, 3.05) is 20.1 Å². The predicted octanol–water partition coefficient (Wildman–Crippen LogP) is 2.45. The van der Waals surface area contributed by atoms with Gasteiger partial charge in [-0.05, 0) is 37.6 Å². The van der Waals surface area contributed by atoms with Crippen LogP contribution in [0.5, 0.6) is 0 Å². The molecule has 1 aliphatic heterocycles. The summed E-state index contributed by atoms with van der Waals surface area (Å²) in [6.07, 6.45) is 1.56. The first-order chi connectivity index (χ1) is 8.16. The fourth-order valence-corrected chi connectivity index (χ4v) is 3.24. The van der Waals surface area contributed by atoms with Crippen molar-refractivity contribution in [1.29, 1.82) is 0 Å². The van der Waals surface area contributed by atoms with Crippen molar-refractivity contribution in [2.24, 2.45) is 5.92 Å². The molecule has 2 atom stereocenters. The number of halogens is 1. The van der Waals surface area contributed by atoms with Gasteiger partial charge in [0, 0.05) is 18.9 Å². The van der Waals surface area contributed by atoms with E-state index in [0.29, 0.717) is 23.8 Å². The standard InChI is InChI=1S/C14H16FNO/c1-16-6-5-9-7-13(17)14-10(11(9)8-16)3-2-4-12(14)15/h2-4,9,11H,5-8H2,1H3/t9-,11-/m0/s1. The molecule has 1 saturated heterocycles. The van der Waals surface area contributed by atoms with Gasteiger partial charge in [0.2, 0.25) is 0 Å². The molecule has 1 aliphatic carbocycles. The second kappa shape index (κ2) is 3.91. The third-order valence-corrected chi connectivity index (χ3v) is 4.13. The molecule has 0 spiro atoms. The Labute approximate surface area is 100 Å². The van der Waals surface area contributed by atoms with E-state index >= 15 is 0 Å². The fraction of sp³-hybridized carbons (Fsp3) is 0.500. The fourth-order valence-electron chi connectivity index (χ4n) is 3.24. The van der Waals surface area contributed by atoms with E-state index in [0.717, 1.165) is 25.1 Å². The first kappa shape index (κ1) is 10.9. The minimum Gasteiger partial charge on any atom is -0.306 e. The van der Waals surface area contributed by atoms with Crippen LogP contribution in [0, 0.1) is 11.7 Å². The summed E-state index contributed by atoms with van der Waals surface area (Å²) in [5.41, 5.74) is 1.28. The predicted molar refractivity (Wildman–Crippen MR) is 63.7 cm³/mol. The lowest BCUT2D eigenvalue weighted by molar-refractivity contribution is 0.0881. The Morgan fingerprint density at radius 1 is 1.41 bits per heavy atom. The van der Waals surface area contributed by atoms with Crippen LogP contribution >= 0.6 is 0 Å². The summed E-state index contributed by atoms with van der Waals surface area (Å²) < 4.78 is 13.7. The van der Waals surface area contributed by atoms with Gasteiger partial charge in [-0.3, -0.25) is 4.79 Å². The number of nitrogens with zero attached hydrogens (tertiary/aromatic N) is 1. The average Bonchev–Trinajstić information content (AvgIpc) is 2.30. The Bertz CT molecular complexity index is 471. The molecule has 3 heteroatoms. The number of likely N-dealkylation sites (N-methyl/N-ethyl adjacent to an activating group) is 1. The maximum atomic E-state index is 13.7. The number of ketones is 1. The normalized spacial score (nSPS) is 28.7. The largest absolute Gasteiger partial charge is 0.306 e. The van der Waals surface area contributed by atoms with Crippen LogP contribution in [-0.2, 0) is 0 Å². The summed E-state index contributed by atoms with van der Waals surface area (Å²) in [5.74, 6) is 0.383. The molecule has 17 heavy (non-hydrogen) atoms. The zero-order valence-electron chi connectivity index (χ0n) is 9.95. The highest BCUT2D eigenvalue weighted by Gasteiger charge is 2.38. The molecule has 0 unspecified atom stereocenters. The van der Waals surface area contributed by atoms with Gasteiger partial charge < -0.3 is 4.90 Å². The van der Waals surface area contributed by atoms with E-state index in [4.69, 9.17) is 0 Å². The minimum absolute atomic E-state index is 0.0103. The lowest BCUT2D eigenvalue weighted by atomic mass is 9.71. The summed E-state index contributed by atoms with van der Waals surface area (Å²) >= 11 is 0. The number of hydrogen-bond acceptors (Lipinski definition) is 2. The van der Waals surface area contributed by atoms with Crippen LogP contribution in [0.3, 0.4) is 0 Å². The summed E-state index contributed by atoms with van der Waals surface area (Å²) in [7, 11) is 2.09. The third-order valence-electron chi connectivity index (χ3n) is 4.13. The third kappa shape index (κ3) is 1.69. The van der Waals surface area contributed by atoms with Gasteiger partial charge in [-0.15, -0.1) is 0 Å². The molecule has 0 bridgehead atoms. The number of likely N-dealkylation sites (tertiary alicyclic amines) is 1. The molecule has 1 heterocycles. The zero-order valence-corrected chi connectivity index (χ0v) is 9.95. The molecule has 1 fully saturated rings. The minimum atomic E-state index is -0.348. The molecular formula is C14H16FNO. The maximum absolute atomic E-state index is 13.7. The van der Waals surface area contributed by atoms with Crippen molar-refractivity contribution >= 4 is 5.78 Å². The van der Waals surface area contributed by atoms with E-state index in [1.807, 2.05) is 6.07 Å². The van der Waals surface area contributed by atoms with Gasteiger partial charge in [0.15, 0.2) is 5.78 Å². The van der Waals surface area contributed by atoms with Gasteiger partial charge in [0.05, 0.1) is 5.56 Å². The molecule has 3 rings (SSSR count). The van der Waals surface area contributed by atoms with E-state index < -0.39 is 0 Å². The highest BCUT2D eigenvalue weighted by atomic mass is 19.1. The van der Waals surface area contributed by atoms with Crippen molar-refractivity contribution in [2.45, 2.75) is 18.8 Å². The van der Waals surface area contributed by atoms with Crippen LogP contribution in [0.4, 0.5) is 4.39 Å². The van der Waals surface area contributed by atoms with Crippen molar-refractivity contribution in [3.05, 3.63) is 35.1 Å². The molecule has 90 valence electrons. The van der Waals surface area contributed by atoms with Crippen molar-refractivity contribution in [3.8, 4) is 0 Å². The van der Waals surface area contributed by atoms with E-state index in [1.54, 1.807) is 6.07 Å². The van der Waals surface area contributed by atoms with E-state index in [2.05, 4.69) is 11.9 Å². The summed E-state index contributed by atoms with van der Waals surface area (Å²) in [6, 6.07) is 5.04.